The van der Waals surface area contributed by atoms with Crippen molar-refractivity contribution in [2.45, 2.75) is 19.4 Å². The van der Waals surface area contributed by atoms with E-state index in [9.17, 15) is 9.59 Å². The summed E-state index contributed by atoms with van der Waals surface area (Å²) in [5, 5.41) is 10.2. The van der Waals surface area contributed by atoms with E-state index >= 15 is 0 Å². The van der Waals surface area contributed by atoms with Crippen LogP contribution < -0.4 is 15.4 Å². The van der Waals surface area contributed by atoms with Gasteiger partial charge in [0.05, 0.1) is 12.5 Å². The molecular weight excluding hydrogens is 394 g/mol. The minimum absolute atomic E-state index is 0.108. The highest BCUT2D eigenvalue weighted by atomic mass is 35.5. The highest BCUT2D eigenvalue weighted by Crippen LogP contribution is 2.29. The summed E-state index contributed by atoms with van der Waals surface area (Å²) in [7, 11) is 0. The van der Waals surface area contributed by atoms with E-state index in [4.69, 9.17) is 16.3 Å². The number of carbonyl (C=O) groups excluding carboxylic acids is 2. The van der Waals surface area contributed by atoms with Gasteiger partial charge in [-0.15, -0.1) is 0 Å². The number of rotatable bonds is 5. The summed E-state index contributed by atoms with van der Waals surface area (Å²) in [6.45, 7) is 1.75. The van der Waals surface area contributed by atoms with Crippen LogP contribution in [0.1, 0.15) is 23.6 Å². The van der Waals surface area contributed by atoms with Crippen molar-refractivity contribution in [1.82, 2.24) is 14.8 Å². The topological polar surface area (TPSA) is 98.1 Å². The molecule has 2 heterocycles. The number of hydrogen-bond acceptors (Lipinski definition) is 5. The van der Waals surface area contributed by atoms with E-state index in [2.05, 4.69) is 20.7 Å². The Morgan fingerprint density at radius 2 is 2.10 bits per heavy atom. The second-order valence-corrected chi connectivity index (χ2v) is 7.10. The van der Waals surface area contributed by atoms with Crippen LogP contribution in [0, 0.1) is 6.92 Å². The van der Waals surface area contributed by atoms with Crippen molar-refractivity contribution < 1.29 is 14.3 Å². The van der Waals surface area contributed by atoms with E-state index in [1.807, 2.05) is 25.1 Å². The SMILES string of the molecule is Cc1ccc(Cl)cc1NC(=O)COc1ccc([C@@H]2CC(=O)Nc3ncnn32)cc1. The number of fused-ring (bicyclic) bond motifs is 1. The number of halogens is 1. The Labute approximate surface area is 171 Å². The van der Waals surface area contributed by atoms with Crippen LogP contribution >= 0.6 is 11.6 Å². The van der Waals surface area contributed by atoms with Crippen LogP contribution in [0.4, 0.5) is 11.6 Å². The highest BCUT2D eigenvalue weighted by Gasteiger charge is 2.27. The summed E-state index contributed by atoms with van der Waals surface area (Å²) in [6, 6.07) is 12.3. The van der Waals surface area contributed by atoms with E-state index in [1.165, 1.54) is 6.33 Å². The fraction of sp³-hybridized carbons (Fsp3) is 0.200. The van der Waals surface area contributed by atoms with Gasteiger partial charge in [0.25, 0.3) is 5.91 Å². The first-order valence-corrected chi connectivity index (χ1v) is 9.35. The molecule has 4 rings (SSSR count). The number of nitrogens with one attached hydrogen (secondary N) is 2. The molecule has 3 aromatic rings. The maximum absolute atomic E-state index is 12.2. The van der Waals surface area contributed by atoms with E-state index in [0.29, 0.717) is 22.4 Å². The number of carbonyl (C=O) groups is 2. The third-order valence-corrected chi connectivity index (χ3v) is 4.84. The zero-order chi connectivity index (χ0) is 20.4. The second-order valence-electron chi connectivity index (χ2n) is 6.66. The maximum Gasteiger partial charge on any atom is 0.262 e. The van der Waals surface area contributed by atoms with Gasteiger partial charge in [-0.3, -0.25) is 14.9 Å². The average molecular weight is 412 g/mol. The van der Waals surface area contributed by atoms with Crippen LogP contribution in [0.15, 0.2) is 48.8 Å². The van der Waals surface area contributed by atoms with Crippen LogP contribution in [0.5, 0.6) is 5.75 Å². The Morgan fingerprint density at radius 1 is 1.31 bits per heavy atom. The van der Waals surface area contributed by atoms with Crippen LogP contribution in [-0.4, -0.2) is 33.2 Å². The Morgan fingerprint density at radius 3 is 2.90 bits per heavy atom. The highest BCUT2D eigenvalue weighted by molar-refractivity contribution is 6.31. The molecule has 0 fully saturated rings. The van der Waals surface area contributed by atoms with Gasteiger partial charge in [-0.2, -0.15) is 10.1 Å². The van der Waals surface area contributed by atoms with Gasteiger partial charge in [0.2, 0.25) is 11.9 Å². The van der Waals surface area contributed by atoms with Gasteiger partial charge in [0, 0.05) is 10.7 Å². The summed E-state index contributed by atoms with van der Waals surface area (Å²) in [5.41, 5.74) is 2.47. The van der Waals surface area contributed by atoms with E-state index in [1.54, 1.807) is 28.9 Å². The van der Waals surface area contributed by atoms with Gasteiger partial charge in [0.15, 0.2) is 6.61 Å². The molecule has 0 spiro atoms. The van der Waals surface area contributed by atoms with Gasteiger partial charge < -0.3 is 10.1 Å². The van der Waals surface area contributed by atoms with Gasteiger partial charge in [-0.1, -0.05) is 29.8 Å². The molecule has 8 nitrogen and oxygen atoms in total. The molecule has 1 aliphatic rings. The largest absolute Gasteiger partial charge is 0.484 e. The molecule has 9 heteroatoms. The fourth-order valence-corrected chi connectivity index (χ4v) is 3.29. The molecule has 0 saturated carbocycles. The van der Waals surface area contributed by atoms with Crippen molar-refractivity contribution in [2.75, 3.05) is 17.2 Å². The monoisotopic (exact) mass is 411 g/mol. The van der Waals surface area contributed by atoms with E-state index < -0.39 is 0 Å². The molecule has 0 unspecified atom stereocenters. The number of nitrogens with zero attached hydrogens (tertiary/aromatic N) is 3. The molecule has 148 valence electrons. The minimum atomic E-state index is -0.282. The Balaban J connectivity index is 1.38. The summed E-state index contributed by atoms with van der Waals surface area (Å²) in [5.74, 6) is 0.588. The Bertz CT molecular complexity index is 1060. The van der Waals surface area contributed by atoms with Gasteiger partial charge >= 0.3 is 0 Å². The lowest BCUT2D eigenvalue weighted by Gasteiger charge is -2.23. The molecule has 2 amide bonds. The van der Waals surface area contributed by atoms with E-state index in [-0.39, 0.29) is 30.9 Å². The number of ether oxygens (including phenoxy) is 1. The molecule has 0 radical (unpaired) electrons. The number of amides is 2. The third-order valence-electron chi connectivity index (χ3n) is 4.61. The quantitative estimate of drug-likeness (QED) is 0.671. The normalized spacial score (nSPS) is 15.4. The van der Waals surface area contributed by atoms with Crippen LogP contribution in [0.25, 0.3) is 0 Å². The Kier molecular flexibility index (Phi) is 5.18. The molecule has 2 N–H and O–H groups in total. The van der Waals surface area contributed by atoms with Crippen molar-refractivity contribution in [2.24, 2.45) is 0 Å². The van der Waals surface area contributed by atoms with Crippen molar-refractivity contribution in [3.63, 3.8) is 0 Å². The number of hydrogen-bond donors (Lipinski definition) is 2. The van der Waals surface area contributed by atoms with Crippen LogP contribution in [0.2, 0.25) is 5.02 Å². The standard InChI is InChI=1S/C20H18ClN5O3/c1-12-2-5-14(21)8-16(12)24-19(28)10-29-15-6-3-13(4-7-15)17-9-18(27)25-20-22-11-23-26(17)20/h2-8,11,17H,9-10H2,1H3,(H,24,28)(H,22,23,25,27)/t17-/m0/s1. The lowest BCUT2D eigenvalue weighted by molar-refractivity contribution is -0.118. The van der Waals surface area contributed by atoms with Crippen LogP contribution in [-0.2, 0) is 9.59 Å². The second kappa shape index (κ2) is 7.92. The average Bonchev–Trinajstić information content (AvgIpc) is 3.17. The molecule has 1 atom stereocenters. The third kappa shape index (κ3) is 4.22. The van der Waals surface area contributed by atoms with E-state index in [0.717, 1.165) is 11.1 Å². The first-order chi connectivity index (χ1) is 14.0. The number of anilines is 2. The minimum Gasteiger partial charge on any atom is -0.484 e. The summed E-state index contributed by atoms with van der Waals surface area (Å²) < 4.78 is 7.25. The molecule has 0 bridgehead atoms. The molecule has 2 aromatic carbocycles. The van der Waals surface area contributed by atoms with Crippen molar-refractivity contribution in [3.8, 4) is 5.75 Å². The molecule has 0 saturated heterocycles. The smallest absolute Gasteiger partial charge is 0.262 e. The number of benzene rings is 2. The first kappa shape index (κ1) is 18.9. The zero-order valence-electron chi connectivity index (χ0n) is 15.6. The number of aryl methyl sites for hydroxylation is 1. The van der Waals surface area contributed by atoms with Crippen molar-refractivity contribution in [3.05, 3.63) is 64.9 Å². The lowest BCUT2D eigenvalue weighted by atomic mass is 10.0. The van der Waals surface area contributed by atoms with Crippen molar-refractivity contribution >= 4 is 35.1 Å². The predicted molar refractivity (Wildman–Crippen MR) is 108 cm³/mol. The maximum atomic E-state index is 12.2. The van der Waals surface area contributed by atoms with Gasteiger partial charge in [-0.25, -0.2) is 4.68 Å². The summed E-state index contributed by atoms with van der Waals surface area (Å²) in [6.07, 6.45) is 1.68. The predicted octanol–water partition coefficient (Wildman–Crippen LogP) is 3.19. The van der Waals surface area contributed by atoms with Gasteiger partial charge in [-0.05, 0) is 42.3 Å². The Hall–Kier alpha value is -3.39. The zero-order valence-corrected chi connectivity index (χ0v) is 16.3. The summed E-state index contributed by atoms with van der Waals surface area (Å²) >= 11 is 5.97. The first-order valence-electron chi connectivity index (χ1n) is 8.98. The van der Waals surface area contributed by atoms with Crippen molar-refractivity contribution in [1.29, 1.82) is 0 Å². The number of aromatic nitrogens is 3. The molecule has 0 aliphatic carbocycles. The van der Waals surface area contributed by atoms with Gasteiger partial charge in [0.1, 0.15) is 12.1 Å². The fourth-order valence-electron chi connectivity index (χ4n) is 3.11. The molecular formula is C20H18ClN5O3. The molecule has 1 aliphatic heterocycles. The van der Waals surface area contributed by atoms with Crippen LogP contribution in [0.3, 0.4) is 0 Å². The molecule has 1 aromatic heterocycles. The lowest BCUT2D eigenvalue weighted by Crippen LogP contribution is -2.29. The molecule has 29 heavy (non-hydrogen) atoms. The summed E-state index contributed by atoms with van der Waals surface area (Å²) in [4.78, 5) is 28.1.